The molecule has 0 radical (unpaired) electrons. The summed E-state index contributed by atoms with van der Waals surface area (Å²) >= 11 is 0. The fourth-order valence-electron chi connectivity index (χ4n) is 3.68. The van der Waals surface area contributed by atoms with Crippen LogP contribution in [0.1, 0.15) is 31.0 Å². The second kappa shape index (κ2) is 7.36. The minimum absolute atomic E-state index is 0.135. The number of fused-ring (bicyclic) bond motifs is 1. The van der Waals surface area contributed by atoms with Crippen molar-refractivity contribution in [3.63, 3.8) is 0 Å². The van der Waals surface area contributed by atoms with Crippen molar-refractivity contribution < 1.29 is 9.90 Å². The maximum Gasteiger partial charge on any atom is 0.326 e. The predicted molar refractivity (Wildman–Crippen MR) is 101 cm³/mol. The number of para-hydroxylation sites is 2. The quantitative estimate of drug-likeness (QED) is 0.619. The molecule has 0 unspecified atom stereocenters. The van der Waals surface area contributed by atoms with Crippen molar-refractivity contribution in [1.82, 2.24) is 19.9 Å². The van der Waals surface area contributed by atoms with Gasteiger partial charge in [0, 0.05) is 19.2 Å². The van der Waals surface area contributed by atoms with E-state index in [0.29, 0.717) is 19.4 Å². The number of hydrogen-bond acceptors (Lipinski definition) is 4. The molecule has 1 atom stereocenters. The van der Waals surface area contributed by atoms with Crippen LogP contribution in [0.4, 0.5) is 0 Å². The van der Waals surface area contributed by atoms with Gasteiger partial charge in [0.15, 0.2) is 0 Å². The summed E-state index contributed by atoms with van der Waals surface area (Å²) in [4.78, 5) is 31.9. The number of rotatable bonds is 6. The lowest BCUT2D eigenvalue weighted by Gasteiger charge is -2.37. The van der Waals surface area contributed by atoms with Crippen LogP contribution in [0.3, 0.4) is 0 Å². The topological polar surface area (TPSA) is 100 Å². The molecule has 1 amide bonds. The lowest BCUT2D eigenvalue weighted by molar-refractivity contribution is -0.123. The zero-order chi connectivity index (χ0) is 18.8. The lowest BCUT2D eigenvalue weighted by Crippen LogP contribution is -2.42. The Hall–Kier alpha value is -2.93. The van der Waals surface area contributed by atoms with Crippen LogP contribution in [0.25, 0.3) is 11.0 Å². The maximum atomic E-state index is 12.6. The van der Waals surface area contributed by atoms with Crippen LogP contribution in [0.5, 0.6) is 0 Å². The van der Waals surface area contributed by atoms with E-state index in [1.165, 1.54) is 0 Å². The molecule has 0 saturated heterocycles. The highest BCUT2D eigenvalue weighted by Gasteiger charge is 2.36. The number of carbonyl (C=O) groups excluding carboxylic acids is 1. The average Bonchev–Trinajstić information content (AvgIpc) is 2.98. The zero-order valence-corrected chi connectivity index (χ0v) is 14.8. The smallest absolute Gasteiger partial charge is 0.326 e. The highest BCUT2D eigenvalue weighted by atomic mass is 16.3. The van der Waals surface area contributed by atoms with E-state index in [-0.39, 0.29) is 36.1 Å². The highest BCUT2D eigenvalue weighted by Crippen LogP contribution is 2.37. The number of nitrogens with zero attached hydrogens (tertiary/aromatic N) is 2. The number of nitrogens with one attached hydrogen (secondary N) is 2. The lowest BCUT2D eigenvalue weighted by atomic mass is 9.76. The summed E-state index contributed by atoms with van der Waals surface area (Å²) < 4.78 is 1.58. The molecule has 4 rings (SSSR count). The molecular formula is C20H22N4O3. The Morgan fingerprint density at radius 1 is 1.26 bits per heavy atom. The summed E-state index contributed by atoms with van der Waals surface area (Å²) in [5.41, 5.74) is 2.14. The number of H-pyrrole nitrogens is 1. The maximum absolute atomic E-state index is 12.6. The molecule has 0 spiro atoms. The number of benzene rings is 1. The molecule has 27 heavy (non-hydrogen) atoms. The van der Waals surface area contributed by atoms with Crippen LogP contribution in [0.15, 0.2) is 53.5 Å². The van der Waals surface area contributed by atoms with Crippen LogP contribution in [-0.2, 0) is 11.3 Å². The van der Waals surface area contributed by atoms with Gasteiger partial charge in [-0.1, -0.05) is 18.2 Å². The van der Waals surface area contributed by atoms with Gasteiger partial charge in [-0.25, -0.2) is 4.79 Å². The number of aromatic amines is 1. The molecular weight excluding hydrogens is 344 g/mol. The minimum Gasteiger partial charge on any atom is -0.393 e. The van der Waals surface area contributed by atoms with Crippen molar-refractivity contribution in [1.29, 1.82) is 0 Å². The Bertz CT molecular complexity index is 989. The summed E-state index contributed by atoms with van der Waals surface area (Å²) in [5.74, 6) is 0.0406. The van der Waals surface area contributed by atoms with E-state index in [2.05, 4.69) is 15.3 Å². The Kier molecular flexibility index (Phi) is 4.77. The summed E-state index contributed by atoms with van der Waals surface area (Å²) in [6.07, 6.45) is 2.91. The second-order valence-corrected chi connectivity index (χ2v) is 7.03. The van der Waals surface area contributed by atoms with Crippen LogP contribution in [-0.4, -0.2) is 31.7 Å². The molecule has 2 aromatic heterocycles. The normalized spacial score (nSPS) is 20.2. The summed E-state index contributed by atoms with van der Waals surface area (Å²) in [6, 6.07) is 12.8. The van der Waals surface area contributed by atoms with Gasteiger partial charge in [-0.3, -0.25) is 14.3 Å². The highest BCUT2D eigenvalue weighted by molar-refractivity contribution is 5.77. The number of imidazole rings is 1. The van der Waals surface area contributed by atoms with Crippen molar-refractivity contribution in [3.8, 4) is 0 Å². The third kappa shape index (κ3) is 3.64. The van der Waals surface area contributed by atoms with Gasteiger partial charge in [0.05, 0.1) is 28.9 Å². The first-order valence-corrected chi connectivity index (χ1v) is 9.17. The van der Waals surface area contributed by atoms with E-state index >= 15 is 0 Å². The molecule has 1 aliphatic carbocycles. The summed E-state index contributed by atoms with van der Waals surface area (Å²) in [7, 11) is 0. The van der Waals surface area contributed by atoms with Crippen LogP contribution in [0.2, 0.25) is 0 Å². The van der Waals surface area contributed by atoms with Crippen molar-refractivity contribution >= 4 is 16.9 Å². The van der Waals surface area contributed by atoms with Crippen LogP contribution >= 0.6 is 0 Å². The molecule has 3 aromatic rings. The number of aliphatic hydroxyl groups is 1. The van der Waals surface area contributed by atoms with E-state index < -0.39 is 0 Å². The fraction of sp³-hybridized carbons (Fsp3) is 0.350. The molecule has 1 aromatic carbocycles. The Morgan fingerprint density at radius 2 is 2.04 bits per heavy atom. The third-order valence-corrected chi connectivity index (χ3v) is 5.19. The van der Waals surface area contributed by atoms with Crippen LogP contribution < -0.4 is 11.0 Å². The van der Waals surface area contributed by atoms with Gasteiger partial charge in [0.25, 0.3) is 0 Å². The monoisotopic (exact) mass is 366 g/mol. The molecule has 7 heteroatoms. The molecule has 7 nitrogen and oxygen atoms in total. The number of amides is 1. The molecule has 2 heterocycles. The van der Waals surface area contributed by atoms with Gasteiger partial charge in [0.2, 0.25) is 5.91 Å². The summed E-state index contributed by atoms with van der Waals surface area (Å²) in [6.45, 7) is 0.302. The second-order valence-electron chi connectivity index (χ2n) is 7.03. The van der Waals surface area contributed by atoms with E-state index in [4.69, 9.17) is 0 Å². The molecule has 1 saturated carbocycles. The van der Waals surface area contributed by atoms with Crippen LogP contribution in [0, 0.1) is 5.92 Å². The average molecular weight is 366 g/mol. The van der Waals surface area contributed by atoms with Gasteiger partial charge in [-0.05, 0) is 43.0 Å². The predicted octanol–water partition coefficient (Wildman–Crippen LogP) is 1.74. The van der Waals surface area contributed by atoms with E-state index in [9.17, 15) is 14.7 Å². The number of pyridine rings is 1. The first-order chi connectivity index (χ1) is 13.1. The van der Waals surface area contributed by atoms with Crippen molar-refractivity contribution in [3.05, 3.63) is 64.8 Å². The number of aliphatic hydroxyl groups excluding tert-OH is 1. The molecule has 140 valence electrons. The van der Waals surface area contributed by atoms with Crippen molar-refractivity contribution in [2.75, 3.05) is 0 Å². The molecule has 1 fully saturated rings. The van der Waals surface area contributed by atoms with E-state index in [1.54, 1.807) is 10.8 Å². The Morgan fingerprint density at radius 3 is 2.78 bits per heavy atom. The SMILES string of the molecule is O=C(CCn1c(=O)[nH]c2ccccc21)N[C@@H](c1ccccn1)C1CC(O)C1. The first kappa shape index (κ1) is 17.5. The Balaban J connectivity index is 1.45. The summed E-state index contributed by atoms with van der Waals surface area (Å²) in [5, 5.41) is 12.7. The van der Waals surface area contributed by atoms with Gasteiger partial charge in [-0.2, -0.15) is 0 Å². The molecule has 1 aliphatic rings. The van der Waals surface area contributed by atoms with Gasteiger partial charge in [0.1, 0.15) is 0 Å². The molecule has 3 N–H and O–H groups in total. The standard InChI is InChI=1S/C20H22N4O3/c25-14-11-13(12-14)19(16-6-3-4-9-21-16)23-18(26)8-10-24-17-7-2-1-5-15(17)22-20(24)27/h1-7,9,13-14,19,25H,8,10-12H2,(H,22,27)(H,23,26)/t13?,14?,19-/m1/s1. The third-order valence-electron chi connectivity index (χ3n) is 5.19. The fourth-order valence-corrected chi connectivity index (χ4v) is 3.68. The van der Waals surface area contributed by atoms with E-state index in [1.807, 2.05) is 42.5 Å². The largest absolute Gasteiger partial charge is 0.393 e. The number of aromatic nitrogens is 3. The number of aryl methyl sites for hydroxylation is 1. The van der Waals surface area contributed by atoms with Gasteiger partial charge >= 0.3 is 5.69 Å². The number of hydrogen-bond donors (Lipinski definition) is 3. The number of carbonyl (C=O) groups is 1. The Labute approximate surface area is 156 Å². The van der Waals surface area contributed by atoms with Crippen molar-refractivity contribution in [2.24, 2.45) is 5.92 Å². The first-order valence-electron chi connectivity index (χ1n) is 9.17. The zero-order valence-electron chi connectivity index (χ0n) is 14.8. The van der Waals surface area contributed by atoms with Gasteiger partial charge in [-0.15, -0.1) is 0 Å². The van der Waals surface area contributed by atoms with E-state index in [0.717, 1.165) is 16.7 Å². The minimum atomic E-state index is -0.303. The van der Waals surface area contributed by atoms with Crippen molar-refractivity contribution in [2.45, 2.75) is 38.0 Å². The molecule has 0 aliphatic heterocycles. The van der Waals surface area contributed by atoms with Gasteiger partial charge < -0.3 is 15.4 Å². The molecule has 0 bridgehead atoms.